The first-order valence-electron chi connectivity index (χ1n) is 26.5. The van der Waals surface area contributed by atoms with E-state index in [1.54, 1.807) is 34.8 Å². The van der Waals surface area contributed by atoms with Crippen LogP contribution >= 0.6 is 0 Å². The largest absolute Gasteiger partial charge is 0.460 e. The van der Waals surface area contributed by atoms with Gasteiger partial charge in [-0.2, -0.15) is 0 Å². The number of rotatable bonds is 11. The van der Waals surface area contributed by atoms with Crippen molar-refractivity contribution in [3.63, 3.8) is 0 Å². The molecule has 0 radical (unpaired) electrons. The number of ether oxygens (including phenoxy) is 6. The van der Waals surface area contributed by atoms with E-state index in [2.05, 4.69) is 0 Å². The molecule has 0 spiro atoms. The summed E-state index contributed by atoms with van der Waals surface area (Å²) in [5, 5.41) is 54.2. The summed E-state index contributed by atoms with van der Waals surface area (Å²) in [6.07, 6.45) is 8.26. The van der Waals surface area contributed by atoms with Gasteiger partial charge in [-0.25, -0.2) is 4.79 Å². The Morgan fingerprint density at radius 3 is 2.19 bits per heavy atom. The van der Waals surface area contributed by atoms with Gasteiger partial charge in [0.15, 0.2) is 5.78 Å². The van der Waals surface area contributed by atoms with E-state index in [9.17, 15) is 54.3 Å². The van der Waals surface area contributed by atoms with Crippen LogP contribution < -0.4 is 0 Å². The molecule has 18 nitrogen and oxygen atoms in total. The van der Waals surface area contributed by atoms with E-state index < -0.39 is 139 Å². The maximum atomic E-state index is 14.6. The second-order valence-corrected chi connectivity index (χ2v) is 21.8. The maximum absolute atomic E-state index is 14.6. The number of aliphatic hydroxyl groups excluding tert-OH is 4. The highest BCUT2D eigenvalue weighted by Crippen LogP contribution is 2.38. The zero-order valence-corrected chi connectivity index (χ0v) is 45.4. The Hall–Kier alpha value is -3.98. The van der Waals surface area contributed by atoms with Gasteiger partial charge in [0.2, 0.25) is 5.79 Å². The molecule has 18 heteroatoms. The Labute approximate surface area is 437 Å². The van der Waals surface area contributed by atoms with E-state index >= 15 is 0 Å². The predicted octanol–water partition coefficient (Wildman–Crippen LogP) is 4.69. The number of Topliss-reactive ketones (excluding diaryl/α,β-unsaturated/α-hetero) is 3. The second-order valence-electron chi connectivity index (χ2n) is 21.8. The van der Waals surface area contributed by atoms with E-state index in [1.165, 1.54) is 27.2 Å². The summed E-state index contributed by atoms with van der Waals surface area (Å²) in [5.74, 6) is -10.4. The molecule has 4 aliphatic rings. The van der Waals surface area contributed by atoms with E-state index in [-0.39, 0.29) is 43.4 Å². The molecular formula is C56H87NO17. The van der Waals surface area contributed by atoms with E-state index in [4.69, 9.17) is 28.4 Å². The standard InChI is InChI=1S/C56H87NO17/c1-33-16-12-11-13-17-34(2)45(69-8)28-41-21-19-38(6)56(68,74-41)51(64)52(65)57-23-15-14-18-42(57)53(66)72-46(29-43(61)35(3)25-37(5)49(63)50(71-10)48(62)36(4)24-33)40(30-58)26-39-20-22-44(47(27-39)70-9)73-54(67)55(7,31-59)32-60/h11-13,16-17,25,33,35-36,38-42,44-47,49-50,58-60,63,68H,14-15,18-24,26-32H2,1-10H3/b13-11+,16-12+,34-17+,37-25+/t33-,35-,36-,38-,39+,40?,41+,42+,44-,45+,46+,47-,49-,50+,56-/m1/s1. The van der Waals surface area contributed by atoms with Gasteiger partial charge in [0.25, 0.3) is 11.7 Å². The molecule has 0 aromatic rings. The van der Waals surface area contributed by atoms with Crippen LogP contribution in [0.4, 0.5) is 0 Å². The molecule has 74 heavy (non-hydrogen) atoms. The third kappa shape index (κ3) is 16.0. The molecular weight excluding hydrogens is 959 g/mol. The van der Waals surface area contributed by atoms with Crippen LogP contribution in [0.2, 0.25) is 0 Å². The number of allylic oxidation sites excluding steroid dienone is 6. The van der Waals surface area contributed by atoms with E-state index in [1.807, 2.05) is 44.2 Å². The fourth-order valence-electron chi connectivity index (χ4n) is 10.7. The van der Waals surface area contributed by atoms with Crippen molar-refractivity contribution in [1.29, 1.82) is 0 Å². The summed E-state index contributed by atoms with van der Waals surface area (Å²) in [4.78, 5) is 85.5. The number of piperidine rings is 1. The number of carbonyl (C=O) groups is 6. The monoisotopic (exact) mass is 1050 g/mol. The molecule has 418 valence electrons. The lowest BCUT2D eigenvalue weighted by atomic mass is 9.78. The maximum Gasteiger partial charge on any atom is 0.329 e. The third-order valence-corrected chi connectivity index (χ3v) is 16.0. The average molecular weight is 1050 g/mol. The van der Waals surface area contributed by atoms with Gasteiger partial charge in [0, 0.05) is 71.0 Å². The van der Waals surface area contributed by atoms with Crippen molar-refractivity contribution in [3.05, 3.63) is 47.6 Å². The van der Waals surface area contributed by atoms with E-state index in [0.29, 0.717) is 56.9 Å². The van der Waals surface area contributed by atoms with Crippen molar-refractivity contribution in [2.45, 2.75) is 180 Å². The van der Waals surface area contributed by atoms with Crippen molar-refractivity contribution in [1.82, 2.24) is 4.90 Å². The topological polar surface area (TPSA) is 262 Å². The predicted molar refractivity (Wildman–Crippen MR) is 273 cm³/mol. The summed E-state index contributed by atoms with van der Waals surface area (Å²) >= 11 is 0. The van der Waals surface area contributed by atoms with Gasteiger partial charge >= 0.3 is 11.9 Å². The molecule has 3 aliphatic heterocycles. The number of amides is 1. The number of hydrogen-bond acceptors (Lipinski definition) is 17. The van der Waals surface area contributed by atoms with Crippen LogP contribution in [0.3, 0.4) is 0 Å². The Balaban J connectivity index is 1.72. The molecule has 5 N–H and O–H groups in total. The molecule has 4 rings (SSSR count). The number of ketones is 3. The number of nitrogens with zero attached hydrogens (tertiary/aromatic N) is 1. The van der Waals surface area contributed by atoms with Gasteiger partial charge in [-0.15, -0.1) is 0 Å². The number of hydrogen-bond donors (Lipinski definition) is 5. The molecule has 1 unspecified atom stereocenters. The summed E-state index contributed by atoms with van der Waals surface area (Å²) < 4.78 is 35.3. The number of aliphatic hydroxyl groups is 5. The lowest BCUT2D eigenvalue weighted by Gasteiger charge is -2.42. The minimum atomic E-state index is -2.50. The van der Waals surface area contributed by atoms with Gasteiger partial charge in [0.1, 0.15) is 41.7 Å². The number of methoxy groups -OCH3 is 3. The van der Waals surface area contributed by atoms with Crippen LogP contribution in [0.1, 0.15) is 126 Å². The highest BCUT2D eigenvalue weighted by atomic mass is 16.6. The van der Waals surface area contributed by atoms with Crippen molar-refractivity contribution in [3.8, 4) is 0 Å². The van der Waals surface area contributed by atoms with Crippen LogP contribution in [0.5, 0.6) is 0 Å². The average Bonchev–Trinajstić information content (AvgIpc) is 3.39. The smallest absolute Gasteiger partial charge is 0.329 e. The van der Waals surface area contributed by atoms with Crippen LogP contribution in [0.15, 0.2) is 47.6 Å². The first-order chi connectivity index (χ1) is 35.0. The minimum absolute atomic E-state index is 0.00221. The molecule has 1 aliphatic carbocycles. The first kappa shape index (κ1) is 62.6. The van der Waals surface area contributed by atoms with Gasteiger partial charge in [-0.1, -0.05) is 64.2 Å². The highest BCUT2D eigenvalue weighted by Gasteiger charge is 2.53. The Morgan fingerprint density at radius 2 is 1.55 bits per heavy atom. The molecule has 15 atom stereocenters. The molecule has 0 aromatic carbocycles. The highest BCUT2D eigenvalue weighted by molar-refractivity contribution is 6.39. The van der Waals surface area contributed by atoms with Crippen LogP contribution in [0.25, 0.3) is 0 Å². The number of cyclic esters (lactones) is 1. The minimum Gasteiger partial charge on any atom is -0.460 e. The number of esters is 2. The van der Waals surface area contributed by atoms with Crippen molar-refractivity contribution >= 4 is 35.2 Å². The van der Waals surface area contributed by atoms with Crippen molar-refractivity contribution in [2.75, 3.05) is 47.7 Å². The SMILES string of the molecule is CO[C@H]1C[C@@H]2CC[C@@H](C)[C@@](O)(O2)C(=O)C(=O)N2CCCC[C@H]2C(=O)O[C@H](C(CO)C[C@@H]2CC[C@@H](OC(=O)C(C)(CO)CO)[C@H](OC)C2)CC(=O)[C@H](C)/C=C(\C)[C@@H](O)[C@@H](OC)C(=O)[C@H](C)C[C@H](C)/C=C/C=C/C=C/1C. The zero-order valence-electron chi connectivity index (χ0n) is 45.4. The van der Waals surface area contributed by atoms with Gasteiger partial charge in [-0.05, 0) is 108 Å². The molecule has 1 saturated carbocycles. The summed E-state index contributed by atoms with van der Waals surface area (Å²) in [6, 6.07) is -1.28. The Bertz CT molecular complexity index is 2030. The zero-order chi connectivity index (χ0) is 55.1. The number of fused-ring (bicyclic) bond motifs is 3. The summed E-state index contributed by atoms with van der Waals surface area (Å²) in [6.45, 7) is 10.1. The van der Waals surface area contributed by atoms with Crippen molar-refractivity contribution < 1.29 is 82.7 Å². The summed E-state index contributed by atoms with van der Waals surface area (Å²) in [7, 11) is 4.36. The molecule has 2 saturated heterocycles. The second kappa shape index (κ2) is 29.0. The van der Waals surface area contributed by atoms with Crippen LogP contribution in [-0.4, -0.2) is 168 Å². The van der Waals surface area contributed by atoms with Gasteiger partial charge in [-0.3, -0.25) is 24.0 Å². The molecule has 1 amide bonds. The Kier molecular flexibility index (Phi) is 24.5. The van der Waals surface area contributed by atoms with Crippen LogP contribution in [-0.2, 0) is 57.2 Å². The molecule has 0 aromatic heterocycles. The van der Waals surface area contributed by atoms with Gasteiger partial charge in [0.05, 0.1) is 31.5 Å². The fourth-order valence-corrected chi connectivity index (χ4v) is 10.7. The third-order valence-electron chi connectivity index (χ3n) is 16.0. The van der Waals surface area contributed by atoms with E-state index in [0.717, 1.165) is 10.5 Å². The first-order valence-corrected chi connectivity index (χ1v) is 26.5. The lowest BCUT2D eigenvalue weighted by Crippen LogP contribution is -2.61. The fraction of sp³-hybridized carbons (Fsp3) is 0.750. The van der Waals surface area contributed by atoms with Crippen molar-refractivity contribution in [2.24, 2.45) is 40.9 Å². The molecule has 2 bridgehead atoms. The van der Waals surface area contributed by atoms with Gasteiger partial charge < -0.3 is 58.9 Å². The number of carbonyl (C=O) groups excluding carboxylic acids is 6. The molecule has 3 heterocycles. The van der Waals surface area contributed by atoms with Crippen LogP contribution in [0, 0.1) is 40.9 Å². The summed E-state index contributed by atoms with van der Waals surface area (Å²) in [5.41, 5.74) is -0.372. The quantitative estimate of drug-likeness (QED) is 0.107. The Morgan fingerprint density at radius 1 is 0.851 bits per heavy atom. The lowest BCUT2D eigenvalue weighted by molar-refractivity contribution is -0.265. The normalized spacial score (nSPS) is 37.1. The molecule has 3 fully saturated rings.